The predicted molar refractivity (Wildman–Crippen MR) is 153 cm³/mol. The number of carbonyl (C=O) groups is 2. The number of hydrogen-bond acceptors (Lipinski definition) is 5. The highest BCUT2D eigenvalue weighted by Crippen LogP contribution is 2.48. The van der Waals surface area contributed by atoms with Crippen LogP contribution in [-0.2, 0) is 23.5 Å². The Morgan fingerprint density at radius 3 is 2.11 bits per heavy atom. The van der Waals surface area contributed by atoms with Crippen LogP contribution in [0.4, 0.5) is 0 Å². The Balaban J connectivity index is 2.50. The summed E-state index contributed by atoms with van der Waals surface area (Å²) in [5.74, 6) is -2.69. The van der Waals surface area contributed by atoms with Crippen LogP contribution >= 0.6 is 0 Å². The van der Waals surface area contributed by atoms with E-state index >= 15 is 0 Å². The lowest BCUT2D eigenvalue weighted by Gasteiger charge is -2.51. The maximum atomic E-state index is 12.3. The van der Waals surface area contributed by atoms with Crippen molar-refractivity contribution in [2.24, 2.45) is 11.8 Å². The number of unbranched alkanes of at least 4 members (excludes halogenated alkanes) is 1. The maximum absolute atomic E-state index is 12.3. The van der Waals surface area contributed by atoms with Gasteiger partial charge >= 0.3 is 11.9 Å². The smallest absolute Gasteiger partial charge is 0.310 e. The third-order valence-corrected chi connectivity index (χ3v) is 18.8. The van der Waals surface area contributed by atoms with Crippen molar-refractivity contribution in [3.05, 3.63) is 12.2 Å². The number of hydrogen-bond donors (Lipinski definition) is 1. The molecular weight excluding hydrogens is 488 g/mol. The van der Waals surface area contributed by atoms with E-state index in [-0.39, 0.29) is 16.9 Å². The zero-order valence-electron chi connectivity index (χ0n) is 24.6. The third kappa shape index (κ3) is 9.10. The number of ether oxygens (including phenoxy) is 2. The second kappa shape index (κ2) is 14.3. The first kappa shape index (κ1) is 33.1. The number of carbonyl (C=O) groups excluding carboxylic acids is 1. The Kier molecular flexibility index (Phi) is 13.1. The summed E-state index contributed by atoms with van der Waals surface area (Å²) in [6.45, 7) is 22.4. The van der Waals surface area contributed by atoms with Gasteiger partial charge in [0.15, 0.2) is 8.32 Å². The minimum Gasteiger partial charge on any atom is -0.481 e. The van der Waals surface area contributed by atoms with E-state index in [0.29, 0.717) is 26.1 Å². The van der Waals surface area contributed by atoms with Crippen LogP contribution in [0.25, 0.3) is 0 Å². The number of allylic oxidation sites excluding steroid dienone is 2. The van der Waals surface area contributed by atoms with Crippen LogP contribution in [0.15, 0.2) is 12.2 Å². The van der Waals surface area contributed by atoms with E-state index in [2.05, 4.69) is 60.8 Å². The molecule has 0 heterocycles. The zero-order chi connectivity index (χ0) is 27.6. The first-order valence-electron chi connectivity index (χ1n) is 14.0. The standard InChI is InChI=1S/C28H54O6Si2/c1-10-12-22-35(6,7)27(3,4)34-36(8,9)28(5,11-2)18-15-19-32-20-21-33-26(31)24-17-14-13-16-23(24)25(29)30/h13-14,23-24H,10-12,15-22H2,1-9H3,(H,29,30). The SMILES string of the molecule is CCCC[Si](C)(C)C(C)(C)O[Si](C)(C)C(C)(CC)CCCOCCOC(=O)C1CC=CCC1C(=O)O. The molecule has 36 heavy (non-hydrogen) atoms. The molecule has 0 aliphatic heterocycles. The quantitative estimate of drug-likeness (QED) is 0.0905. The minimum atomic E-state index is -2.01. The molecular formula is C28H54O6Si2. The predicted octanol–water partition coefficient (Wildman–Crippen LogP) is 7.21. The van der Waals surface area contributed by atoms with Crippen molar-refractivity contribution in [3.63, 3.8) is 0 Å². The minimum absolute atomic E-state index is 0.0531. The van der Waals surface area contributed by atoms with E-state index in [9.17, 15) is 14.7 Å². The average Bonchev–Trinajstić information content (AvgIpc) is 2.80. The molecule has 0 spiro atoms. The fraction of sp³-hybridized carbons (Fsp3) is 0.857. The molecule has 3 unspecified atom stereocenters. The van der Waals surface area contributed by atoms with Gasteiger partial charge in [-0.05, 0) is 57.7 Å². The average molecular weight is 543 g/mol. The van der Waals surface area contributed by atoms with Crippen molar-refractivity contribution in [2.75, 3.05) is 19.8 Å². The van der Waals surface area contributed by atoms with Crippen molar-refractivity contribution < 1.29 is 28.6 Å². The lowest BCUT2D eigenvalue weighted by molar-refractivity contribution is -0.158. The van der Waals surface area contributed by atoms with Crippen LogP contribution < -0.4 is 0 Å². The van der Waals surface area contributed by atoms with E-state index in [1.54, 1.807) is 0 Å². The van der Waals surface area contributed by atoms with Gasteiger partial charge in [-0.1, -0.05) is 71.3 Å². The maximum Gasteiger partial charge on any atom is 0.310 e. The summed E-state index contributed by atoms with van der Waals surface area (Å²) in [4.78, 5) is 23.7. The Bertz CT molecular complexity index is 734. The highest BCUT2D eigenvalue weighted by atomic mass is 28.4. The van der Waals surface area contributed by atoms with Gasteiger partial charge in [0.2, 0.25) is 0 Å². The van der Waals surface area contributed by atoms with Gasteiger partial charge in [-0.25, -0.2) is 0 Å². The largest absolute Gasteiger partial charge is 0.481 e. The topological polar surface area (TPSA) is 82.1 Å². The van der Waals surface area contributed by atoms with E-state index < -0.39 is 40.2 Å². The fourth-order valence-corrected chi connectivity index (χ4v) is 11.9. The molecule has 0 bridgehead atoms. The van der Waals surface area contributed by atoms with Gasteiger partial charge in [-0.3, -0.25) is 9.59 Å². The van der Waals surface area contributed by atoms with Gasteiger partial charge in [0, 0.05) is 11.8 Å². The van der Waals surface area contributed by atoms with Gasteiger partial charge in [0.05, 0.1) is 26.5 Å². The van der Waals surface area contributed by atoms with Crippen LogP contribution in [0.3, 0.4) is 0 Å². The van der Waals surface area contributed by atoms with Crippen LogP contribution in [0.1, 0.15) is 79.6 Å². The van der Waals surface area contributed by atoms with Crippen molar-refractivity contribution in [1.29, 1.82) is 0 Å². The summed E-state index contributed by atoms with van der Waals surface area (Å²) >= 11 is 0. The summed E-state index contributed by atoms with van der Waals surface area (Å²) in [5, 5.41) is 9.43. The third-order valence-electron chi connectivity index (χ3n) is 9.07. The summed E-state index contributed by atoms with van der Waals surface area (Å²) in [7, 11) is -3.54. The number of esters is 1. The van der Waals surface area contributed by atoms with Crippen LogP contribution in [0.5, 0.6) is 0 Å². The van der Waals surface area contributed by atoms with Crippen molar-refractivity contribution in [3.8, 4) is 0 Å². The molecule has 0 fully saturated rings. The van der Waals surface area contributed by atoms with Crippen LogP contribution in [-0.4, -0.2) is 58.5 Å². The molecule has 3 atom stereocenters. The normalized spacial score (nSPS) is 20.7. The first-order chi connectivity index (χ1) is 16.6. The molecule has 1 N–H and O–H groups in total. The van der Waals surface area contributed by atoms with E-state index in [1.165, 1.54) is 18.9 Å². The van der Waals surface area contributed by atoms with Gasteiger partial charge in [0.1, 0.15) is 6.61 Å². The Morgan fingerprint density at radius 1 is 0.944 bits per heavy atom. The molecule has 210 valence electrons. The van der Waals surface area contributed by atoms with Crippen LogP contribution in [0, 0.1) is 11.8 Å². The lowest BCUT2D eigenvalue weighted by Crippen LogP contribution is -2.59. The molecule has 0 amide bonds. The van der Waals surface area contributed by atoms with Crippen LogP contribution in [0.2, 0.25) is 37.3 Å². The summed E-state index contributed by atoms with van der Waals surface area (Å²) < 4.78 is 18.2. The first-order valence-corrected chi connectivity index (χ1v) is 20.1. The van der Waals surface area contributed by atoms with Crippen molar-refractivity contribution in [1.82, 2.24) is 0 Å². The molecule has 0 saturated heterocycles. The molecule has 8 heteroatoms. The number of rotatable bonds is 17. The molecule has 1 rings (SSSR count). The van der Waals surface area contributed by atoms with Crippen molar-refractivity contribution >= 4 is 28.3 Å². The second-order valence-corrected chi connectivity index (χ2v) is 22.3. The summed E-state index contributed by atoms with van der Waals surface area (Å²) in [6.07, 6.45) is 10.1. The van der Waals surface area contributed by atoms with Gasteiger partial charge in [-0.2, -0.15) is 0 Å². The highest BCUT2D eigenvalue weighted by Gasteiger charge is 2.50. The summed E-state index contributed by atoms with van der Waals surface area (Å²) in [5.41, 5.74) is 0. The fourth-order valence-electron chi connectivity index (χ4n) is 5.04. The highest BCUT2D eigenvalue weighted by molar-refractivity contribution is 6.82. The Hall–Kier alpha value is -0.966. The van der Waals surface area contributed by atoms with E-state index in [4.69, 9.17) is 13.9 Å². The molecule has 1 aliphatic carbocycles. The zero-order valence-corrected chi connectivity index (χ0v) is 26.6. The lowest BCUT2D eigenvalue weighted by atomic mass is 9.83. The van der Waals surface area contributed by atoms with E-state index in [1.807, 2.05) is 12.2 Å². The molecule has 0 aromatic heterocycles. The molecule has 1 aliphatic rings. The van der Waals surface area contributed by atoms with Gasteiger partial charge < -0.3 is 19.0 Å². The molecule has 0 saturated carbocycles. The monoisotopic (exact) mass is 542 g/mol. The molecule has 0 radical (unpaired) electrons. The molecule has 0 aromatic carbocycles. The van der Waals surface area contributed by atoms with Gasteiger partial charge in [-0.15, -0.1) is 0 Å². The number of carboxylic acids is 1. The Labute approximate surface area is 222 Å². The van der Waals surface area contributed by atoms with E-state index in [0.717, 1.165) is 19.3 Å². The van der Waals surface area contributed by atoms with Gasteiger partial charge in [0.25, 0.3) is 0 Å². The number of aliphatic carboxylic acids is 1. The Morgan fingerprint density at radius 2 is 1.56 bits per heavy atom. The number of carboxylic acid groups (broad SMARTS) is 1. The summed E-state index contributed by atoms with van der Waals surface area (Å²) in [6, 6.07) is 1.30. The molecule has 0 aromatic rings. The van der Waals surface area contributed by atoms with Crippen molar-refractivity contribution in [2.45, 2.75) is 122 Å². The second-order valence-electron chi connectivity index (χ2n) is 12.4. The molecule has 6 nitrogen and oxygen atoms in total.